The van der Waals surface area contributed by atoms with Crippen LogP contribution in [0.15, 0.2) is 0 Å². The highest BCUT2D eigenvalue weighted by Gasteiger charge is 2.24. The van der Waals surface area contributed by atoms with E-state index in [1.54, 1.807) is 0 Å². The molecule has 0 saturated heterocycles. The summed E-state index contributed by atoms with van der Waals surface area (Å²) in [5.74, 6) is -1.01. The van der Waals surface area contributed by atoms with Gasteiger partial charge in [0.25, 0.3) is 0 Å². The summed E-state index contributed by atoms with van der Waals surface area (Å²) in [5, 5.41) is 20.3. The van der Waals surface area contributed by atoms with Gasteiger partial charge in [0, 0.05) is 6.54 Å². The highest BCUT2D eigenvalue weighted by atomic mass is 16.7. The van der Waals surface area contributed by atoms with E-state index in [1.807, 2.05) is 34.6 Å². The van der Waals surface area contributed by atoms with Gasteiger partial charge in [0.2, 0.25) is 0 Å². The van der Waals surface area contributed by atoms with Crippen LogP contribution in [0.5, 0.6) is 0 Å². The summed E-state index contributed by atoms with van der Waals surface area (Å²) in [7, 11) is 0. The second kappa shape index (κ2) is 11.2. The maximum absolute atomic E-state index is 11.5. The van der Waals surface area contributed by atoms with Gasteiger partial charge in [0.05, 0.1) is 25.2 Å². The van der Waals surface area contributed by atoms with Crippen LogP contribution in [0.3, 0.4) is 0 Å². The Labute approximate surface area is 143 Å². The van der Waals surface area contributed by atoms with Crippen LogP contribution in [-0.2, 0) is 19.0 Å². The van der Waals surface area contributed by atoms with Gasteiger partial charge in [-0.3, -0.25) is 4.79 Å². The Kier molecular flexibility index (Phi) is 10.6. The van der Waals surface area contributed by atoms with Crippen LogP contribution in [0.4, 0.5) is 4.79 Å². The Morgan fingerprint density at radius 2 is 1.79 bits per heavy atom. The van der Waals surface area contributed by atoms with E-state index in [1.165, 1.54) is 0 Å². The summed E-state index contributed by atoms with van der Waals surface area (Å²) in [5.41, 5.74) is -0.0369. The monoisotopic (exact) mass is 349 g/mol. The second-order valence-electron chi connectivity index (χ2n) is 6.99. The Bertz CT molecular complexity index is 379. The molecule has 0 aromatic rings. The van der Waals surface area contributed by atoms with Gasteiger partial charge >= 0.3 is 12.1 Å². The predicted octanol–water partition coefficient (Wildman–Crippen LogP) is 1.75. The van der Waals surface area contributed by atoms with Gasteiger partial charge < -0.3 is 29.7 Å². The molecule has 2 atom stereocenters. The van der Waals surface area contributed by atoms with Crippen LogP contribution >= 0.6 is 0 Å². The minimum Gasteiger partial charge on any atom is -0.481 e. The smallest absolute Gasteiger partial charge is 0.407 e. The lowest BCUT2D eigenvalue weighted by atomic mass is 9.89. The van der Waals surface area contributed by atoms with Crippen molar-refractivity contribution in [2.45, 2.75) is 66.0 Å². The third-order valence-electron chi connectivity index (χ3n) is 2.77. The van der Waals surface area contributed by atoms with Crippen molar-refractivity contribution in [2.75, 3.05) is 19.8 Å². The minimum atomic E-state index is -1.01. The Morgan fingerprint density at radius 3 is 2.25 bits per heavy atom. The normalized spacial score (nSPS) is 14.3. The number of aliphatic hydroxyl groups excluding tert-OH is 1. The van der Waals surface area contributed by atoms with E-state index in [2.05, 4.69) is 5.32 Å². The fourth-order valence-corrected chi connectivity index (χ4v) is 1.93. The number of aliphatic carboxylic acids is 1. The van der Waals surface area contributed by atoms with E-state index in [9.17, 15) is 14.7 Å². The molecule has 0 spiro atoms. The van der Waals surface area contributed by atoms with Crippen LogP contribution in [0.1, 0.15) is 47.5 Å². The average molecular weight is 349 g/mol. The molecule has 1 amide bonds. The average Bonchev–Trinajstić information content (AvgIpc) is 2.41. The van der Waals surface area contributed by atoms with Gasteiger partial charge in [-0.15, -0.1) is 0 Å². The number of carboxylic acids is 1. The molecule has 0 rings (SSSR count). The summed E-state index contributed by atoms with van der Waals surface area (Å²) < 4.78 is 16.3. The molecular weight excluding hydrogens is 318 g/mol. The van der Waals surface area contributed by atoms with E-state index in [-0.39, 0.29) is 37.7 Å². The molecule has 3 N–H and O–H groups in total. The first-order valence-electron chi connectivity index (χ1n) is 8.07. The molecule has 0 aliphatic heterocycles. The van der Waals surface area contributed by atoms with Crippen molar-refractivity contribution in [1.82, 2.24) is 5.32 Å². The van der Waals surface area contributed by atoms with Crippen molar-refractivity contribution in [1.29, 1.82) is 0 Å². The first kappa shape index (κ1) is 22.6. The second-order valence-corrected chi connectivity index (χ2v) is 6.99. The lowest BCUT2D eigenvalue weighted by Crippen LogP contribution is -2.37. The number of carbonyl (C=O) groups is 2. The third kappa shape index (κ3) is 13.1. The van der Waals surface area contributed by atoms with Gasteiger partial charge in [0.1, 0.15) is 6.61 Å². The first-order chi connectivity index (χ1) is 11.0. The number of alkyl carbamates (subject to hydrolysis) is 1. The van der Waals surface area contributed by atoms with Crippen molar-refractivity contribution in [3.63, 3.8) is 0 Å². The van der Waals surface area contributed by atoms with Gasteiger partial charge in [-0.2, -0.15) is 0 Å². The first-order valence-corrected chi connectivity index (χ1v) is 8.07. The SMILES string of the molecule is CC(C)OC(COC(=O)NCCC(=O)O)OC(CO)CC(C)(C)C. The minimum absolute atomic E-state index is 0.0198. The highest BCUT2D eigenvalue weighted by Crippen LogP contribution is 2.23. The number of carboxylic acid groups (broad SMARTS) is 1. The standard InChI is InChI=1S/C16H31NO7/c1-11(2)23-14(24-12(9-18)8-16(3,4)5)10-22-15(21)17-7-6-13(19)20/h11-12,14,18H,6-10H2,1-5H3,(H,17,21)(H,19,20). The summed E-state index contributed by atoms with van der Waals surface area (Å²) in [6, 6.07) is 0. The Morgan fingerprint density at radius 1 is 1.17 bits per heavy atom. The molecule has 24 heavy (non-hydrogen) atoms. The number of hydrogen-bond acceptors (Lipinski definition) is 6. The molecule has 8 nitrogen and oxygen atoms in total. The lowest BCUT2D eigenvalue weighted by molar-refractivity contribution is -0.213. The maximum Gasteiger partial charge on any atom is 0.407 e. The summed E-state index contributed by atoms with van der Waals surface area (Å²) in [6.07, 6.45) is -1.71. The van der Waals surface area contributed by atoms with Crippen molar-refractivity contribution in [3.8, 4) is 0 Å². The van der Waals surface area contributed by atoms with Crippen molar-refractivity contribution in [3.05, 3.63) is 0 Å². The number of carbonyl (C=O) groups excluding carboxylic acids is 1. The van der Waals surface area contributed by atoms with Crippen LogP contribution in [0.25, 0.3) is 0 Å². The molecule has 0 aliphatic carbocycles. The van der Waals surface area contributed by atoms with E-state index in [0.717, 1.165) is 0 Å². The molecule has 0 saturated carbocycles. The quantitative estimate of drug-likeness (QED) is 0.487. The molecule has 0 fully saturated rings. The zero-order valence-corrected chi connectivity index (χ0v) is 15.2. The number of nitrogens with one attached hydrogen (secondary N) is 1. The largest absolute Gasteiger partial charge is 0.481 e. The molecular formula is C16H31NO7. The van der Waals surface area contributed by atoms with Gasteiger partial charge in [-0.1, -0.05) is 20.8 Å². The lowest BCUT2D eigenvalue weighted by Gasteiger charge is -2.29. The van der Waals surface area contributed by atoms with Crippen LogP contribution in [-0.4, -0.2) is 60.5 Å². The number of amides is 1. The highest BCUT2D eigenvalue weighted by molar-refractivity contribution is 5.70. The molecule has 0 aromatic carbocycles. The Hall–Kier alpha value is -1.38. The molecule has 0 radical (unpaired) electrons. The van der Waals surface area contributed by atoms with Crippen LogP contribution in [0.2, 0.25) is 0 Å². The zero-order valence-electron chi connectivity index (χ0n) is 15.2. The van der Waals surface area contributed by atoms with E-state index in [4.69, 9.17) is 19.3 Å². The molecule has 0 heterocycles. The van der Waals surface area contributed by atoms with Gasteiger partial charge in [0.15, 0.2) is 6.29 Å². The summed E-state index contributed by atoms with van der Waals surface area (Å²) >= 11 is 0. The number of rotatable bonds is 11. The molecule has 0 aliphatic rings. The van der Waals surface area contributed by atoms with Crippen molar-refractivity contribution >= 4 is 12.1 Å². The fraction of sp³-hybridized carbons (Fsp3) is 0.875. The molecule has 0 aromatic heterocycles. The molecule has 142 valence electrons. The summed E-state index contributed by atoms with van der Waals surface area (Å²) in [6.45, 7) is 9.39. The maximum atomic E-state index is 11.5. The number of ether oxygens (including phenoxy) is 3. The van der Waals surface area contributed by atoms with E-state index in [0.29, 0.717) is 6.42 Å². The van der Waals surface area contributed by atoms with Crippen molar-refractivity contribution < 1.29 is 34.0 Å². The van der Waals surface area contributed by atoms with E-state index >= 15 is 0 Å². The Balaban J connectivity index is 4.44. The molecule has 2 unspecified atom stereocenters. The van der Waals surface area contributed by atoms with Crippen molar-refractivity contribution in [2.24, 2.45) is 5.41 Å². The van der Waals surface area contributed by atoms with Crippen LogP contribution in [0, 0.1) is 5.41 Å². The molecule has 8 heteroatoms. The summed E-state index contributed by atoms with van der Waals surface area (Å²) in [4.78, 5) is 21.9. The third-order valence-corrected chi connectivity index (χ3v) is 2.77. The van der Waals surface area contributed by atoms with E-state index < -0.39 is 24.5 Å². The number of aliphatic hydroxyl groups is 1. The fourth-order valence-electron chi connectivity index (χ4n) is 1.93. The van der Waals surface area contributed by atoms with Gasteiger partial charge in [-0.05, 0) is 25.7 Å². The number of hydrogen-bond donors (Lipinski definition) is 3. The topological polar surface area (TPSA) is 114 Å². The molecule has 0 bridgehead atoms. The predicted molar refractivity (Wildman–Crippen MR) is 87.6 cm³/mol. The zero-order chi connectivity index (χ0) is 18.8. The van der Waals surface area contributed by atoms with Gasteiger partial charge in [-0.25, -0.2) is 4.79 Å². The van der Waals surface area contributed by atoms with Crippen LogP contribution < -0.4 is 5.32 Å².